The molecule has 2 aliphatic carbocycles. The number of hydrogen-bond acceptors (Lipinski definition) is 10. The number of aryl methyl sites for hydroxylation is 1. The first-order valence-corrected chi connectivity index (χ1v) is 10.9. The summed E-state index contributed by atoms with van der Waals surface area (Å²) < 4.78 is 168. The number of nitrogens with one attached hydrogen (secondary N) is 1. The van der Waals surface area contributed by atoms with Crippen LogP contribution in [-0.2, 0) is 4.74 Å². The lowest BCUT2D eigenvalue weighted by atomic mass is 10.1. The first kappa shape index (κ1) is 11.6. The molecule has 0 amide bonds. The molecule has 36 heavy (non-hydrogen) atoms. The topological polar surface area (TPSA) is 138 Å². The average Bonchev–Trinajstić information content (AvgIpc) is 3.26. The van der Waals surface area contributed by atoms with Crippen LogP contribution in [0.1, 0.15) is 73.8 Å². The molecule has 0 radical (unpaired) electrons. The van der Waals surface area contributed by atoms with Crippen LogP contribution in [0.3, 0.4) is 0 Å². The number of aliphatic hydroxyl groups is 3. The highest BCUT2D eigenvalue weighted by atomic mass is 32.2. The maximum Gasteiger partial charge on any atom is 0.191 e. The molecule has 2 saturated carbocycles. The summed E-state index contributed by atoms with van der Waals surface area (Å²) in [5, 5.41) is 40.6. The molecular weight excluding hydrogens is 487 g/mol. The Morgan fingerprint density at radius 3 is 2.92 bits per heavy atom. The van der Waals surface area contributed by atoms with Crippen LogP contribution in [0.25, 0.3) is 11.2 Å². The fraction of sp³-hybridized carbons (Fsp3) is 0.583. The van der Waals surface area contributed by atoms with Gasteiger partial charge in [0.25, 0.3) is 0 Å². The number of thioether (sulfide) groups is 1. The third-order valence-electron chi connectivity index (χ3n) is 4.97. The van der Waals surface area contributed by atoms with Gasteiger partial charge in [-0.15, -0.1) is 5.10 Å². The molecule has 0 aliphatic heterocycles. The third-order valence-corrected chi connectivity index (χ3v) is 5.64. The molecule has 1 aromatic carbocycles. The number of benzene rings is 1. The van der Waals surface area contributed by atoms with Crippen LogP contribution in [0.5, 0.6) is 0 Å². The zero-order chi connectivity index (χ0) is 41.7. The van der Waals surface area contributed by atoms with Crippen LogP contribution in [0.4, 0.5) is 10.2 Å². The summed E-state index contributed by atoms with van der Waals surface area (Å²) in [5.74, 6) is -4.30. The first-order chi connectivity index (χ1) is 23.9. The summed E-state index contributed by atoms with van der Waals surface area (Å²) in [6.07, 6.45) is -23.1. The van der Waals surface area contributed by atoms with Crippen molar-refractivity contribution in [1.82, 2.24) is 25.0 Å². The van der Waals surface area contributed by atoms with Gasteiger partial charge in [-0.3, -0.25) is 0 Å². The smallest absolute Gasteiger partial charge is 0.191 e. The van der Waals surface area contributed by atoms with Crippen LogP contribution in [0.2, 0.25) is 0 Å². The molecule has 5 rings (SSSR count). The van der Waals surface area contributed by atoms with E-state index in [1.165, 1.54) is 19.1 Å². The van der Waals surface area contributed by atoms with Gasteiger partial charge in [0.2, 0.25) is 0 Å². The van der Waals surface area contributed by atoms with E-state index in [2.05, 4.69) is 30.3 Å². The van der Waals surface area contributed by atoms with Crippen LogP contribution in [0, 0.1) is 12.7 Å². The Kier molecular flexibility index (Phi) is 3.39. The SMILES string of the molecule is [2H]C([2H])(C)C([2H])([2H])Sc1nc(N[C@]2([2H])C([2H])([2H])[C@@]2([2H])c2ccc(C)c(F)c2)c2nnn([C@]3([2H])C([2H])([2H])[C@]([2H])(OC([2H])([2H])C([2H])([2H])O)[C@@]([2H])(O)[C@@]3([2H])O)c2n1. The molecule has 4 N–H and O–H groups in total. The predicted molar refractivity (Wildman–Crippen MR) is 133 cm³/mol. The largest absolute Gasteiger partial charge is 0.394 e. The number of anilines is 1. The molecule has 2 fully saturated rings. The molecule has 3 aromatic rings. The van der Waals surface area contributed by atoms with Crippen LogP contribution >= 0.6 is 11.8 Å². The standard InChI is InChI=1S/C24H31FN6O4S/c1-3-8-36-24-27-22(26-16-10-14(16)13-5-4-12(2)15(25)9-13)19-23(28-24)31(30-29-19)17-11-18(35-7-6-32)21(34)20(17)33/h4-5,9,14,16-18,20-21,32-34H,3,6-8,10-11H2,1-2H3,(H,26,27,28)/t14-,16+,17+,18-,20-,21+/m0/s1/i3D2,6D2,7D2,8D2,10D2,11D2,14D,16D,17D,18D,20D,21D. The molecule has 0 unspecified atom stereocenters. The molecule has 0 bridgehead atoms. The van der Waals surface area contributed by atoms with Crippen molar-refractivity contribution in [2.24, 2.45) is 0 Å². The maximum absolute atomic E-state index is 14.6. The fourth-order valence-electron chi connectivity index (χ4n) is 3.19. The Balaban J connectivity index is 1.77. The molecule has 2 aromatic heterocycles. The molecule has 194 valence electrons. The minimum absolute atomic E-state index is 0.0643. The number of rotatable bonds is 10. The van der Waals surface area contributed by atoms with Crippen molar-refractivity contribution in [3.63, 3.8) is 0 Å². The molecular formula is C24H31FN6O4S. The van der Waals surface area contributed by atoms with E-state index in [0.717, 1.165) is 13.0 Å². The summed E-state index contributed by atoms with van der Waals surface area (Å²) in [4.78, 5) is 7.91. The van der Waals surface area contributed by atoms with E-state index in [4.69, 9.17) is 24.7 Å². The lowest BCUT2D eigenvalue weighted by Gasteiger charge is -2.17. The maximum atomic E-state index is 14.6. The Labute approximate surface area is 237 Å². The molecule has 0 spiro atoms. The van der Waals surface area contributed by atoms with Crippen LogP contribution in [-0.4, -0.2) is 83.4 Å². The number of aromatic nitrogens is 5. The van der Waals surface area contributed by atoms with Gasteiger partial charge in [-0.2, -0.15) is 0 Å². The van der Waals surface area contributed by atoms with Gasteiger partial charge < -0.3 is 25.4 Å². The zero-order valence-electron chi connectivity index (χ0n) is 36.5. The van der Waals surface area contributed by atoms with Gasteiger partial charge in [0.15, 0.2) is 22.1 Å². The Hall–Kier alpha value is -2.38. The van der Waals surface area contributed by atoms with Gasteiger partial charge in [0, 0.05) is 36.3 Å². The van der Waals surface area contributed by atoms with E-state index in [1.54, 1.807) is 0 Å². The lowest BCUT2D eigenvalue weighted by molar-refractivity contribution is -0.0629. The van der Waals surface area contributed by atoms with Crippen molar-refractivity contribution in [2.45, 2.75) is 74.3 Å². The Morgan fingerprint density at radius 2 is 2.17 bits per heavy atom. The van der Waals surface area contributed by atoms with E-state index in [1.807, 2.05) is 0 Å². The van der Waals surface area contributed by atoms with Crippen molar-refractivity contribution >= 4 is 28.7 Å². The Bertz CT molecular complexity index is 2030. The van der Waals surface area contributed by atoms with Crippen molar-refractivity contribution in [3.05, 3.63) is 35.1 Å². The molecule has 0 saturated heterocycles. The molecule has 6 atom stereocenters. The van der Waals surface area contributed by atoms with Gasteiger partial charge in [-0.25, -0.2) is 19.0 Å². The number of nitrogens with zero attached hydrogens (tertiary/aromatic N) is 5. The van der Waals surface area contributed by atoms with Gasteiger partial charge in [-0.05, 0) is 36.9 Å². The summed E-state index contributed by atoms with van der Waals surface area (Å²) in [6.45, 7) is -6.03. The second-order valence-electron chi connectivity index (χ2n) is 7.26. The highest BCUT2D eigenvalue weighted by Crippen LogP contribution is 2.44. The van der Waals surface area contributed by atoms with Gasteiger partial charge in [0.1, 0.15) is 18.0 Å². The number of ether oxygens (including phenoxy) is 1. The second-order valence-corrected chi connectivity index (χ2v) is 8.04. The average molecular weight is 537 g/mol. The molecule has 2 heterocycles. The third kappa shape index (κ3) is 4.92. The summed E-state index contributed by atoms with van der Waals surface area (Å²) in [5.41, 5.74) is -5.00. The van der Waals surface area contributed by atoms with Crippen LogP contribution in [0.15, 0.2) is 23.4 Å². The predicted octanol–water partition coefficient (Wildman–Crippen LogP) is 2.18. The van der Waals surface area contributed by atoms with Crippen LogP contribution < -0.4 is 5.32 Å². The molecule has 12 heteroatoms. The summed E-state index contributed by atoms with van der Waals surface area (Å²) >= 11 is -0.0643. The van der Waals surface area contributed by atoms with E-state index in [-0.39, 0.29) is 27.6 Å². The summed E-state index contributed by atoms with van der Waals surface area (Å²) in [7, 11) is 0. The van der Waals surface area contributed by atoms with Gasteiger partial charge in [-0.1, -0.05) is 36.0 Å². The molecule has 2 aliphatic rings. The van der Waals surface area contributed by atoms with E-state index in [9.17, 15) is 19.7 Å². The number of halogens is 1. The molecule has 10 nitrogen and oxygen atoms in total. The number of fused-ring (bicyclic) bond motifs is 1. The van der Waals surface area contributed by atoms with Gasteiger partial charge in [0.05, 0.1) is 37.6 Å². The lowest BCUT2D eigenvalue weighted by Crippen LogP contribution is -2.33. The fourth-order valence-corrected chi connectivity index (χ4v) is 3.65. The number of hydrogen-bond donors (Lipinski definition) is 4. The monoisotopic (exact) mass is 536 g/mol. The van der Waals surface area contributed by atoms with Crippen molar-refractivity contribution in [3.8, 4) is 0 Å². The van der Waals surface area contributed by atoms with Crippen molar-refractivity contribution in [2.75, 3.05) is 24.1 Å². The minimum Gasteiger partial charge on any atom is -0.394 e. The Morgan fingerprint density at radius 1 is 1.33 bits per heavy atom. The quantitative estimate of drug-likeness (QED) is 0.225. The minimum atomic E-state index is -4.48. The van der Waals surface area contributed by atoms with E-state index < -0.39 is 102 Å². The van der Waals surface area contributed by atoms with Crippen molar-refractivity contribution in [1.29, 1.82) is 0 Å². The normalized spacial score (nSPS) is 51.6. The highest BCUT2D eigenvalue weighted by molar-refractivity contribution is 7.99. The first-order valence-electron chi connectivity index (χ1n) is 19.1. The second kappa shape index (κ2) is 10.5. The highest BCUT2D eigenvalue weighted by Gasteiger charge is 2.45. The summed E-state index contributed by atoms with van der Waals surface area (Å²) in [6, 6.07) is -3.71. The van der Waals surface area contributed by atoms with Gasteiger partial charge >= 0.3 is 0 Å². The van der Waals surface area contributed by atoms with Crippen molar-refractivity contribution < 1.29 is 49.1 Å². The zero-order valence-corrected chi connectivity index (χ0v) is 19.3. The van der Waals surface area contributed by atoms with E-state index in [0.29, 0.717) is 0 Å². The van der Waals surface area contributed by atoms with E-state index >= 15 is 0 Å².